The zero-order valence-corrected chi connectivity index (χ0v) is 14.9. The molecule has 0 aromatic heterocycles. The molecule has 26 heavy (non-hydrogen) atoms. The second-order valence-corrected chi connectivity index (χ2v) is 7.04. The number of hydrogen-bond donors (Lipinski definition) is 1. The molecule has 2 aromatic rings. The van der Waals surface area contributed by atoms with Crippen molar-refractivity contribution in [3.05, 3.63) is 71.5 Å². The lowest BCUT2D eigenvalue weighted by Crippen LogP contribution is -2.51. The van der Waals surface area contributed by atoms with Crippen LogP contribution in [-0.2, 0) is 11.3 Å². The lowest BCUT2D eigenvalue weighted by molar-refractivity contribution is -0.132. The van der Waals surface area contributed by atoms with Crippen LogP contribution in [0.3, 0.4) is 0 Å². The van der Waals surface area contributed by atoms with Crippen LogP contribution in [0.4, 0.5) is 4.39 Å². The van der Waals surface area contributed by atoms with Crippen LogP contribution in [0.15, 0.2) is 54.6 Å². The molecule has 136 valence electrons. The van der Waals surface area contributed by atoms with Crippen molar-refractivity contribution in [3.8, 4) is 0 Å². The highest BCUT2D eigenvalue weighted by molar-refractivity contribution is 5.95. The minimum absolute atomic E-state index is 0.0569. The molecule has 0 saturated carbocycles. The van der Waals surface area contributed by atoms with Crippen molar-refractivity contribution in [2.24, 2.45) is 5.41 Å². The summed E-state index contributed by atoms with van der Waals surface area (Å²) in [6.07, 6.45) is 1.42. The third-order valence-electron chi connectivity index (χ3n) is 4.93. The number of nitrogens with one attached hydrogen (secondary N) is 1. The molecule has 0 aliphatic carbocycles. The van der Waals surface area contributed by atoms with E-state index in [0.717, 1.165) is 12.0 Å². The Morgan fingerprint density at radius 3 is 2.54 bits per heavy atom. The lowest BCUT2D eigenvalue weighted by atomic mass is 9.80. The molecule has 5 heteroatoms. The highest BCUT2D eigenvalue weighted by Gasteiger charge is 2.39. The van der Waals surface area contributed by atoms with Crippen molar-refractivity contribution >= 4 is 11.8 Å². The predicted octanol–water partition coefficient (Wildman–Crippen LogP) is 3.38. The first kappa shape index (κ1) is 18.1. The summed E-state index contributed by atoms with van der Waals surface area (Å²) in [6, 6.07) is 15.7. The van der Waals surface area contributed by atoms with Gasteiger partial charge >= 0.3 is 0 Å². The van der Waals surface area contributed by atoms with Gasteiger partial charge in [-0.3, -0.25) is 9.59 Å². The Morgan fingerprint density at radius 2 is 1.81 bits per heavy atom. The molecule has 1 N–H and O–H groups in total. The van der Waals surface area contributed by atoms with E-state index in [2.05, 4.69) is 5.32 Å². The van der Waals surface area contributed by atoms with Gasteiger partial charge < -0.3 is 10.2 Å². The number of likely N-dealkylation sites (tertiary alicyclic amines) is 1. The summed E-state index contributed by atoms with van der Waals surface area (Å²) in [6.45, 7) is 3.15. The molecule has 1 atom stereocenters. The fourth-order valence-corrected chi connectivity index (χ4v) is 3.39. The van der Waals surface area contributed by atoms with Gasteiger partial charge in [0.1, 0.15) is 5.82 Å². The SMILES string of the molecule is C[C@@]1(C(=O)NCc2ccccc2)CCCN(C(=O)c2ccccc2F)C1. The van der Waals surface area contributed by atoms with Gasteiger partial charge in [-0.1, -0.05) is 42.5 Å². The molecule has 1 heterocycles. The van der Waals surface area contributed by atoms with E-state index in [0.29, 0.717) is 26.1 Å². The van der Waals surface area contributed by atoms with Gasteiger partial charge in [0.2, 0.25) is 5.91 Å². The number of halogens is 1. The van der Waals surface area contributed by atoms with Gasteiger partial charge in [0.05, 0.1) is 11.0 Å². The molecular weight excluding hydrogens is 331 g/mol. The van der Waals surface area contributed by atoms with Gasteiger partial charge in [-0.25, -0.2) is 4.39 Å². The van der Waals surface area contributed by atoms with Gasteiger partial charge in [0.25, 0.3) is 5.91 Å². The van der Waals surface area contributed by atoms with Crippen molar-refractivity contribution in [2.45, 2.75) is 26.3 Å². The fraction of sp³-hybridized carbons (Fsp3) is 0.333. The largest absolute Gasteiger partial charge is 0.351 e. The van der Waals surface area contributed by atoms with E-state index in [1.54, 1.807) is 17.0 Å². The van der Waals surface area contributed by atoms with Crippen molar-refractivity contribution in [1.82, 2.24) is 10.2 Å². The van der Waals surface area contributed by atoms with Gasteiger partial charge in [0, 0.05) is 19.6 Å². The Hall–Kier alpha value is -2.69. The van der Waals surface area contributed by atoms with Crippen LogP contribution in [0.25, 0.3) is 0 Å². The van der Waals surface area contributed by atoms with E-state index in [9.17, 15) is 14.0 Å². The van der Waals surface area contributed by atoms with Crippen LogP contribution in [-0.4, -0.2) is 29.8 Å². The number of carbonyl (C=O) groups is 2. The maximum atomic E-state index is 13.9. The molecule has 0 radical (unpaired) electrons. The van der Waals surface area contributed by atoms with Crippen LogP contribution < -0.4 is 5.32 Å². The van der Waals surface area contributed by atoms with Crippen LogP contribution in [0.1, 0.15) is 35.7 Å². The number of hydrogen-bond acceptors (Lipinski definition) is 2. The van der Waals surface area contributed by atoms with E-state index in [4.69, 9.17) is 0 Å². The maximum absolute atomic E-state index is 13.9. The molecule has 3 rings (SSSR count). The van der Waals surface area contributed by atoms with Crippen LogP contribution in [0, 0.1) is 11.2 Å². The number of rotatable bonds is 4. The highest BCUT2D eigenvalue weighted by Crippen LogP contribution is 2.31. The Labute approximate surface area is 153 Å². The minimum Gasteiger partial charge on any atom is -0.351 e. The number of amides is 2. The molecule has 1 saturated heterocycles. The number of nitrogens with zero attached hydrogens (tertiary/aromatic N) is 1. The molecule has 0 unspecified atom stereocenters. The Kier molecular flexibility index (Phi) is 5.35. The molecule has 4 nitrogen and oxygen atoms in total. The average molecular weight is 354 g/mol. The minimum atomic E-state index is -0.673. The summed E-state index contributed by atoms with van der Waals surface area (Å²) in [4.78, 5) is 27.0. The number of piperidine rings is 1. The van der Waals surface area contributed by atoms with E-state index in [1.165, 1.54) is 12.1 Å². The smallest absolute Gasteiger partial charge is 0.256 e. The van der Waals surface area contributed by atoms with Gasteiger partial charge in [0.15, 0.2) is 0 Å². The van der Waals surface area contributed by atoms with E-state index in [-0.39, 0.29) is 17.4 Å². The molecule has 1 fully saturated rings. The summed E-state index contributed by atoms with van der Waals surface area (Å²) < 4.78 is 13.9. The first-order chi connectivity index (χ1) is 12.5. The van der Waals surface area contributed by atoms with Crippen molar-refractivity contribution in [1.29, 1.82) is 0 Å². The summed E-state index contributed by atoms with van der Waals surface area (Å²) in [5, 5.41) is 2.97. The average Bonchev–Trinajstić information content (AvgIpc) is 2.67. The lowest BCUT2D eigenvalue weighted by Gasteiger charge is -2.39. The van der Waals surface area contributed by atoms with E-state index >= 15 is 0 Å². The van der Waals surface area contributed by atoms with Crippen LogP contribution in [0.5, 0.6) is 0 Å². The third kappa shape index (κ3) is 3.93. The third-order valence-corrected chi connectivity index (χ3v) is 4.93. The zero-order valence-electron chi connectivity index (χ0n) is 14.9. The first-order valence-corrected chi connectivity index (χ1v) is 8.86. The number of benzene rings is 2. The van der Waals surface area contributed by atoms with Crippen LogP contribution >= 0.6 is 0 Å². The molecule has 1 aliphatic rings. The standard InChI is InChI=1S/C21H23FN2O2/c1-21(20(26)23-14-16-8-3-2-4-9-16)12-7-13-24(15-21)19(25)17-10-5-6-11-18(17)22/h2-6,8-11H,7,12-15H2,1H3,(H,23,26)/t21-/m1/s1. The summed E-state index contributed by atoms with van der Waals surface area (Å²) in [7, 11) is 0. The van der Waals surface area contributed by atoms with E-state index in [1.807, 2.05) is 37.3 Å². The topological polar surface area (TPSA) is 49.4 Å². The van der Waals surface area contributed by atoms with Crippen LogP contribution in [0.2, 0.25) is 0 Å². The van der Waals surface area contributed by atoms with Gasteiger partial charge in [-0.05, 0) is 37.5 Å². The van der Waals surface area contributed by atoms with E-state index < -0.39 is 11.2 Å². The number of carbonyl (C=O) groups excluding carboxylic acids is 2. The van der Waals surface area contributed by atoms with Gasteiger partial charge in [-0.15, -0.1) is 0 Å². The molecule has 1 aliphatic heterocycles. The van der Waals surface area contributed by atoms with Crippen molar-refractivity contribution in [3.63, 3.8) is 0 Å². The molecule has 2 aromatic carbocycles. The van der Waals surface area contributed by atoms with Crippen molar-refractivity contribution in [2.75, 3.05) is 13.1 Å². The normalized spacial score (nSPS) is 19.8. The van der Waals surface area contributed by atoms with Crippen molar-refractivity contribution < 1.29 is 14.0 Å². The maximum Gasteiger partial charge on any atom is 0.256 e. The summed E-state index contributed by atoms with van der Waals surface area (Å²) in [5.41, 5.74) is 0.412. The predicted molar refractivity (Wildman–Crippen MR) is 97.9 cm³/mol. The Morgan fingerprint density at radius 1 is 1.12 bits per heavy atom. The summed E-state index contributed by atoms with van der Waals surface area (Å²) >= 11 is 0. The Bertz CT molecular complexity index is 794. The second kappa shape index (κ2) is 7.68. The molecule has 2 amide bonds. The van der Waals surface area contributed by atoms with Gasteiger partial charge in [-0.2, -0.15) is 0 Å². The fourth-order valence-electron chi connectivity index (χ4n) is 3.39. The quantitative estimate of drug-likeness (QED) is 0.915. The first-order valence-electron chi connectivity index (χ1n) is 8.86. The second-order valence-electron chi connectivity index (χ2n) is 7.04. The molecule has 0 bridgehead atoms. The highest BCUT2D eigenvalue weighted by atomic mass is 19.1. The Balaban J connectivity index is 1.67. The zero-order chi connectivity index (χ0) is 18.6. The molecular formula is C21H23FN2O2. The molecule has 0 spiro atoms. The monoisotopic (exact) mass is 354 g/mol. The summed E-state index contributed by atoms with van der Waals surface area (Å²) in [5.74, 6) is -0.962.